The summed E-state index contributed by atoms with van der Waals surface area (Å²) < 4.78 is 0. The molecule has 0 aliphatic carbocycles. The molecule has 1 N–H and O–H groups in total. The highest BCUT2D eigenvalue weighted by Crippen LogP contribution is 2.25. The minimum Gasteiger partial charge on any atom is -0.314 e. The van der Waals surface area contributed by atoms with E-state index in [0.717, 1.165) is 6.04 Å². The molecule has 16 heavy (non-hydrogen) atoms. The average molecular weight is 225 g/mol. The monoisotopic (exact) mass is 225 g/mol. The van der Waals surface area contributed by atoms with E-state index in [1.807, 2.05) is 0 Å². The van der Waals surface area contributed by atoms with Crippen molar-refractivity contribution in [2.24, 2.45) is 0 Å². The summed E-state index contributed by atoms with van der Waals surface area (Å²) in [7, 11) is 4.34. The van der Waals surface area contributed by atoms with E-state index in [2.05, 4.69) is 36.1 Å². The molecule has 94 valence electrons. The molecule has 0 unspecified atom stereocenters. The molecular formula is C13H27N3. The number of rotatable bonds is 2. The summed E-state index contributed by atoms with van der Waals surface area (Å²) in [5.41, 5.74) is 0.391. The van der Waals surface area contributed by atoms with Crippen molar-refractivity contribution < 1.29 is 0 Å². The predicted molar refractivity (Wildman–Crippen MR) is 68.8 cm³/mol. The highest BCUT2D eigenvalue weighted by molar-refractivity contribution is 4.91. The molecule has 2 fully saturated rings. The van der Waals surface area contributed by atoms with E-state index in [1.165, 1.54) is 51.9 Å². The lowest BCUT2D eigenvalue weighted by Crippen LogP contribution is -2.54. The summed E-state index contributed by atoms with van der Waals surface area (Å²) in [5, 5.41) is 3.48. The summed E-state index contributed by atoms with van der Waals surface area (Å²) >= 11 is 0. The summed E-state index contributed by atoms with van der Waals surface area (Å²) in [6.07, 6.45) is 5.34. The zero-order chi connectivity index (χ0) is 11.6. The predicted octanol–water partition coefficient (Wildman–Crippen LogP) is 1.15. The molecule has 2 rings (SSSR count). The molecule has 0 amide bonds. The first-order chi connectivity index (χ1) is 7.63. The van der Waals surface area contributed by atoms with Crippen LogP contribution in [0.15, 0.2) is 0 Å². The average Bonchev–Trinajstić information content (AvgIpc) is 2.32. The molecule has 2 aliphatic rings. The molecule has 0 bridgehead atoms. The summed E-state index contributed by atoms with van der Waals surface area (Å²) in [5.74, 6) is 0. The number of likely N-dealkylation sites (tertiary alicyclic amines) is 2. The fourth-order valence-corrected chi connectivity index (χ4v) is 2.99. The van der Waals surface area contributed by atoms with E-state index in [-0.39, 0.29) is 0 Å². The largest absolute Gasteiger partial charge is 0.314 e. The van der Waals surface area contributed by atoms with Gasteiger partial charge >= 0.3 is 0 Å². The maximum absolute atomic E-state index is 3.48. The van der Waals surface area contributed by atoms with Crippen LogP contribution in [0.4, 0.5) is 0 Å². The number of piperidine rings is 2. The van der Waals surface area contributed by atoms with Gasteiger partial charge in [-0.1, -0.05) is 0 Å². The maximum atomic E-state index is 3.48. The number of nitrogens with zero attached hydrogens (tertiary/aromatic N) is 2. The van der Waals surface area contributed by atoms with Crippen LogP contribution in [-0.4, -0.2) is 61.7 Å². The van der Waals surface area contributed by atoms with E-state index in [1.54, 1.807) is 0 Å². The highest BCUT2D eigenvalue weighted by atomic mass is 15.2. The van der Waals surface area contributed by atoms with Crippen molar-refractivity contribution in [3.8, 4) is 0 Å². The van der Waals surface area contributed by atoms with Crippen LogP contribution in [0.25, 0.3) is 0 Å². The van der Waals surface area contributed by atoms with Crippen LogP contribution < -0.4 is 5.32 Å². The first-order valence-corrected chi connectivity index (χ1v) is 6.74. The SMILES string of the molecule is CNC1(C)CCN(C2CCN(C)CC2)CC1. The van der Waals surface area contributed by atoms with Crippen LogP contribution in [0.2, 0.25) is 0 Å². The Hall–Kier alpha value is -0.120. The van der Waals surface area contributed by atoms with Gasteiger partial charge in [-0.3, -0.25) is 0 Å². The Morgan fingerprint density at radius 1 is 1.06 bits per heavy atom. The molecule has 2 heterocycles. The summed E-state index contributed by atoms with van der Waals surface area (Å²) in [6, 6.07) is 0.859. The quantitative estimate of drug-likeness (QED) is 0.761. The van der Waals surface area contributed by atoms with E-state index in [0.29, 0.717) is 5.54 Å². The topological polar surface area (TPSA) is 18.5 Å². The van der Waals surface area contributed by atoms with Gasteiger partial charge in [0.25, 0.3) is 0 Å². The van der Waals surface area contributed by atoms with Crippen LogP contribution in [-0.2, 0) is 0 Å². The van der Waals surface area contributed by atoms with Crippen LogP contribution in [0.5, 0.6) is 0 Å². The molecule has 0 aromatic carbocycles. The molecule has 0 atom stereocenters. The van der Waals surface area contributed by atoms with Crippen molar-refractivity contribution in [2.45, 2.75) is 44.2 Å². The van der Waals surface area contributed by atoms with Gasteiger partial charge in [-0.2, -0.15) is 0 Å². The molecule has 2 aliphatic heterocycles. The van der Waals surface area contributed by atoms with Crippen LogP contribution in [0.3, 0.4) is 0 Å². The van der Waals surface area contributed by atoms with E-state index < -0.39 is 0 Å². The smallest absolute Gasteiger partial charge is 0.0174 e. The van der Waals surface area contributed by atoms with Gasteiger partial charge in [-0.05, 0) is 59.8 Å². The highest BCUT2D eigenvalue weighted by Gasteiger charge is 2.32. The van der Waals surface area contributed by atoms with Gasteiger partial charge in [0.05, 0.1) is 0 Å². The molecule has 0 aromatic heterocycles. The third-order valence-corrected chi connectivity index (χ3v) is 4.71. The normalized spacial score (nSPS) is 29.4. The first kappa shape index (κ1) is 12.3. The molecule has 0 radical (unpaired) electrons. The Balaban J connectivity index is 1.80. The van der Waals surface area contributed by atoms with Crippen LogP contribution >= 0.6 is 0 Å². The van der Waals surface area contributed by atoms with E-state index in [4.69, 9.17) is 0 Å². The number of hydrogen-bond donors (Lipinski definition) is 1. The summed E-state index contributed by atoms with van der Waals surface area (Å²) in [4.78, 5) is 5.18. The second-order valence-corrected chi connectivity index (χ2v) is 5.88. The lowest BCUT2D eigenvalue weighted by Gasteiger charge is -2.44. The van der Waals surface area contributed by atoms with Gasteiger partial charge in [0.2, 0.25) is 0 Å². The molecule has 3 heteroatoms. The molecular weight excluding hydrogens is 198 g/mol. The standard InChI is InChI=1S/C13H27N3/c1-13(14-2)6-10-16(11-7-13)12-4-8-15(3)9-5-12/h12,14H,4-11H2,1-3H3. The first-order valence-electron chi connectivity index (χ1n) is 6.74. The van der Waals surface area contributed by atoms with Crippen LogP contribution in [0.1, 0.15) is 32.6 Å². The van der Waals surface area contributed by atoms with Gasteiger partial charge < -0.3 is 15.1 Å². The van der Waals surface area contributed by atoms with Crippen LogP contribution in [0, 0.1) is 0 Å². The van der Waals surface area contributed by atoms with Crippen molar-refractivity contribution in [3.05, 3.63) is 0 Å². The Morgan fingerprint density at radius 3 is 2.12 bits per heavy atom. The molecule has 0 aromatic rings. The van der Waals surface area contributed by atoms with Crippen molar-refractivity contribution in [3.63, 3.8) is 0 Å². The van der Waals surface area contributed by atoms with Crippen molar-refractivity contribution in [1.29, 1.82) is 0 Å². The fraction of sp³-hybridized carbons (Fsp3) is 1.00. The fourth-order valence-electron chi connectivity index (χ4n) is 2.99. The minimum absolute atomic E-state index is 0.391. The van der Waals surface area contributed by atoms with Crippen molar-refractivity contribution in [1.82, 2.24) is 15.1 Å². The number of nitrogens with one attached hydrogen (secondary N) is 1. The lowest BCUT2D eigenvalue weighted by molar-refractivity contribution is 0.0730. The number of hydrogen-bond acceptors (Lipinski definition) is 3. The van der Waals surface area contributed by atoms with Crippen molar-refractivity contribution >= 4 is 0 Å². The zero-order valence-electron chi connectivity index (χ0n) is 11.1. The lowest BCUT2D eigenvalue weighted by atomic mass is 9.88. The molecule has 0 spiro atoms. The second-order valence-electron chi connectivity index (χ2n) is 5.88. The Bertz CT molecular complexity index is 213. The Labute approximate surface area is 100 Å². The third-order valence-electron chi connectivity index (χ3n) is 4.71. The Morgan fingerprint density at radius 2 is 1.62 bits per heavy atom. The summed E-state index contributed by atoms with van der Waals surface area (Å²) in [6.45, 7) is 7.49. The van der Waals surface area contributed by atoms with E-state index >= 15 is 0 Å². The van der Waals surface area contributed by atoms with Crippen molar-refractivity contribution in [2.75, 3.05) is 40.3 Å². The van der Waals surface area contributed by atoms with Gasteiger partial charge in [0, 0.05) is 24.7 Å². The van der Waals surface area contributed by atoms with Gasteiger partial charge in [0.1, 0.15) is 0 Å². The molecule has 2 saturated heterocycles. The van der Waals surface area contributed by atoms with Gasteiger partial charge in [-0.15, -0.1) is 0 Å². The second kappa shape index (κ2) is 5.03. The minimum atomic E-state index is 0.391. The van der Waals surface area contributed by atoms with E-state index in [9.17, 15) is 0 Å². The molecule has 0 saturated carbocycles. The molecule has 3 nitrogen and oxygen atoms in total. The van der Waals surface area contributed by atoms with Gasteiger partial charge in [0.15, 0.2) is 0 Å². The third kappa shape index (κ3) is 2.76. The van der Waals surface area contributed by atoms with Gasteiger partial charge in [-0.25, -0.2) is 0 Å². The maximum Gasteiger partial charge on any atom is 0.0174 e. The zero-order valence-corrected chi connectivity index (χ0v) is 11.1. The Kier molecular flexibility index (Phi) is 3.88.